The van der Waals surface area contributed by atoms with E-state index in [4.69, 9.17) is 14.6 Å². The van der Waals surface area contributed by atoms with E-state index in [2.05, 4.69) is 6.58 Å². The number of ketones is 1. The SMILES string of the molecule is C=C[C@@]1(C)CC(=O)[C@]2(O)[C@@]3(C)[C@@H](O)CCC(C)(C)[C@@H]3[C@H](O)[C@H](OC(C)=O)[C@@]2(C)O1.CCO. The summed E-state index contributed by atoms with van der Waals surface area (Å²) in [6.45, 7) is 15.5. The Hall–Kier alpha value is -1.32. The topological polar surface area (TPSA) is 134 Å². The number of hydrogen-bond acceptors (Lipinski definition) is 8. The molecule has 0 aromatic rings. The van der Waals surface area contributed by atoms with Crippen molar-refractivity contribution in [1.29, 1.82) is 0 Å². The lowest BCUT2D eigenvalue weighted by Gasteiger charge is -2.71. The third kappa shape index (κ3) is 3.55. The van der Waals surface area contributed by atoms with Gasteiger partial charge in [-0.05, 0) is 39.0 Å². The molecule has 0 radical (unpaired) electrons. The second-order valence-electron chi connectivity index (χ2n) is 10.7. The monoisotopic (exact) mass is 456 g/mol. The van der Waals surface area contributed by atoms with Crippen LogP contribution in [0.15, 0.2) is 12.7 Å². The molecule has 4 N–H and O–H groups in total. The Kier molecular flexibility index (Phi) is 7.13. The number of aliphatic hydroxyl groups is 4. The van der Waals surface area contributed by atoms with Gasteiger partial charge in [0.25, 0.3) is 0 Å². The second-order valence-corrected chi connectivity index (χ2v) is 10.7. The fraction of sp³-hybridized carbons (Fsp3) is 0.833. The van der Waals surface area contributed by atoms with Crippen molar-refractivity contribution in [2.75, 3.05) is 6.61 Å². The normalized spacial score (nSPS) is 47.3. The smallest absolute Gasteiger partial charge is 0.303 e. The summed E-state index contributed by atoms with van der Waals surface area (Å²) in [5, 5.41) is 42.3. The van der Waals surface area contributed by atoms with Gasteiger partial charge in [-0.1, -0.05) is 26.8 Å². The summed E-state index contributed by atoms with van der Waals surface area (Å²) in [6, 6.07) is 0. The van der Waals surface area contributed by atoms with Crippen molar-refractivity contribution in [1.82, 2.24) is 0 Å². The molecule has 8 heteroatoms. The molecule has 32 heavy (non-hydrogen) atoms. The molecular weight excluding hydrogens is 416 g/mol. The highest BCUT2D eigenvalue weighted by Gasteiger charge is 2.81. The Bertz CT molecular complexity index is 765. The molecule has 1 aliphatic heterocycles. The molecule has 1 heterocycles. The standard InChI is InChI=1S/C22H34O7.C2H6O/c1-8-19(5)11-14(25)22(27)20(6)13(24)9-10-18(3,4)16(20)15(26)17(28-12(2)23)21(22,7)29-19;1-2-3/h8,13,15-17,24,26-27H,1,9-11H2,2-7H3;3H,2H2,1H3/t13-,15-,16-,17-,19-,20-,21+,22-;/m0./s1. The fourth-order valence-corrected chi connectivity index (χ4v) is 6.66. The van der Waals surface area contributed by atoms with E-state index in [-0.39, 0.29) is 13.0 Å². The molecule has 0 amide bonds. The van der Waals surface area contributed by atoms with Crippen LogP contribution in [-0.2, 0) is 19.1 Å². The molecule has 2 saturated carbocycles. The van der Waals surface area contributed by atoms with Gasteiger partial charge >= 0.3 is 5.97 Å². The van der Waals surface area contributed by atoms with Gasteiger partial charge in [0, 0.05) is 31.3 Å². The number of ether oxygens (including phenoxy) is 2. The van der Waals surface area contributed by atoms with Crippen LogP contribution in [0.1, 0.15) is 67.7 Å². The van der Waals surface area contributed by atoms with Gasteiger partial charge in [-0.3, -0.25) is 9.59 Å². The van der Waals surface area contributed by atoms with Crippen LogP contribution in [0.4, 0.5) is 0 Å². The lowest BCUT2D eigenvalue weighted by Crippen LogP contribution is -2.86. The van der Waals surface area contributed by atoms with E-state index in [1.165, 1.54) is 19.9 Å². The van der Waals surface area contributed by atoms with E-state index in [0.29, 0.717) is 12.8 Å². The van der Waals surface area contributed by atoms with Gasteiger partial charge in [-0.15, -0.1) is 6.58 Å². The molecule has 184 valence electrons. The maximum Gasteiger partial charge on any atom is 0.303 e. The van der Waals surface area contributed by atoms with Gasteiger partial charge < -0.3 is 29.9 Å². The van der Waals surface area contributed by atoms with Crippen LogP contribution in [0.3, 0.4) is 0 Å². The van der Waals surface area contributed by atoms with E-state index in [1.54, 1.807) is 20.8 Å². The molecule has 2 aliphatic carbocycles. The molecule has 0 bridgehead atoms. The summed E-state index contributed by atoms with van der Waals surface area (Å²) >= 11 is 0. The molecule has 8 atom stereocenters. The van der Waals surface area contributed by atoms with Crippen LogP contribution in [-0.4, -0.2) is 73.9 Å². The zero-order valence-electron chi connectivity index (χ0n) is 20.3. The zero-order valence-corrected chi connectivity index (χ0v) is 20.3. The molecule has 0 unspecified atom stereocenters. The molecule has 1 saturated heterocycles. The van der Waals surface area contributed by atoms with Crippen LogP contribution in [0.2, 0.25) is 0 Å². The Morgan fingerprint density at radius 1 is 1.25 bits per heavy atom. The van der Waals surface area contributed by atoms with E-state index in [0.717, 1.165) is 0 Å². The number of fused-ring (bicyclic) bond motifs is 3. The molecular formula is C24H40O8. The largest absolute Gasteiger partial charge is 0.457 e. The molecule has 0 aromatic carbocycles. The van der Waals surface area contributed by atoms with Crippen LogP contribution < -0.4 is 0 Å². The van der Waals surface area contributed by atoms with Gasteiger partial charge in [0.2, 0.25) is 0 Å². The maximum atomic E-state index is 13.6. The van der Waals surface area contributed by atoms with Crippen molar-refractivity contribution < 1.29 is 39.5 Å². The molecule has 0 spiro atoms. The summed E-state index contributed by atoms with van der Waals surface area (Å²) in [4.78, 5) is 25.5. The van der Waals surface area contributed by atoms with E-state index in [9.17, 15) is 24.9 Å². The minimum absolute atomic E-state index is 0.138. The summed E-state index contributed by atoms with van der Waals surface area (Å²) in [6.07, 6.45) is -1.29. The maximum absolute atomic E-state index is 13.6. The fourth-order valence-electron chi connectivity index (χ4n) is 6.66. The average molecular weight is 457 g/mol. The Balaban J connectivity index is 0.00000114. The third-order valence-corrected chi connectivity index (χ3v) is 8.02. The van der Waals surface area contributed by atoms with Crippen molar-refractivity contribution in [2.24, 2.45) is 16.7 Å². The van der Waals surface area contributed by atoms with E-state index < -0.39 is 63.6 Å². The first-order valence-electron chi connectivity index (χ1n) is 11.3. The van der Waals surface area contributed by atoms with Crippen LogP contribution >= 0.6 is 0 Å². The molecule has 3 rings (SSSR count). The van der Waals surface area contributed by atoms with Gasteiger partial charge in [0.1, 0.15) is 5.60 Å². The highest BCUT2D eigenvalue weighted by Crippen LogP contribution is 2.66. The highest BCUT2D eigenvalue weighted by molar-refractivity contribution is 5.92. The highest BCUT2D eigenvalue weighted by atomic mass is 16.6. The molecule has 3 fully saturated rings. The van der Waals surface area contributed by atoms with Crippen molar-refractivity contribution in [3.8, 4) is 0 Å². The van der Waals surface area contributed by atoms with E-state index >= 15 is 0 Å². The van der Waals surface area contributed by atoms with Gasteiger partial charge in [0.05, 0.1) is 17.8 Å². The van der Waals surface area contributed by atoms with Crippen molar-refractivity contribution >= 4 is 11.8 Å². The number of rotatable bonds is 2. The summed E-state index contributed by atoms with van der Waals surface area (Å²) in [7, 11) is 0. The predicted molar refractivity (Wildman–Crippen MR) is 118 cm³/mol. The number of hydrogen-bond donors (Lipinski definition) is 4. The van der Waals surface area contributed by atoms with Crippen LogP contribution in [0.25, 0.3) is 0 Å². The van der Waals surface area contributed by atoms with Crippen LogP contribution in [0.5, 0.6) is 0 Å². The minimum Gasteiger partial charge on any atom is -0.457 e. The zero-order chi connectivity index (χ0) is 24.9. The first kappa shape index (κ1) is 26.9. The van der Waals surface area contributed by atoms with Gasteiger partial charge in [-0.2, -0.15) is 0 Å². The Morgan fingerprint density at radius 3 is 2.25 bits per heavy atom. The summed E-state index contributed by atoms with van der Waals surface area (Å²) in [5.41, 5.74) is -7.00. The Morgan fingerprint density at radius 2 is 1.78 bits per heavy atom. The lowest BCUT2D eigenvalue weighted by molar-refractivity contribution is -0.370. The molecule has 3 aliphatic rings. The van der Waals surface area contributed by atoms with Crippen LogP contribution in [0, 0.1) is 16.7 Å². The molecule has 0 aromatic heterocycles. The quantitative estimate of drug-likeness (QED) is 0.363. The average Bonchev–Trinajstić information content (AvgIpc) is 2.66. The van der Waals surface area contributed by atoms with Gasteiger partial charge in [0.15, 0.2) is 17.5 Å². The minimum atomic E-state index is -2.18. The predicted octanol–water partition coefficient (Wildman–Crippen LogP) is 1.52. The second kappa shape index (κ2) is 8.47. The van der Waals surface area contributed by atoms with E-state index in [1.807, 2.05) is 13.8 Å². The number of carbonyl (C=O) groups excluding carboxylic acids is 2. The first-order valence-corrected chi connectivity index (χ1v) is 11.3. The summed E-state index contributed by atoms with van der Waals surface area (Å²) < 4.78 is 11.8. The number of aliphatic hydroxyl groups excluding tert-OH is 3. The lowest BCUT2D eigenvalue weighted by atomic mass is 9.40. The third-order valence-electron chi connectivity index (χ3n) is 8.02. The number of esters is 1. The number of carbonyl (C=O) groups is 2. The van der Waals surface area contributed by atoms with Crippen molar-refractivity contribution in [3.05, 3.63) is 12.7 Å². The first-order chi connectivity index (χ1) is 14.5. The molecule has 8 nitrogen and oxygen atoms in total. The van der Waals surface area contributed by atoms with Crippen molar-refractivity contribution in [3.63, 3.8) is 0 Å². The van der Waals surface area contributed by atoms with Gasteiger partial charge in [-0.25, -0.2) is 0 Å². The number of Topliss-reactive ketones (excluding diaryl/α,β-unsaturated/α-hetero) is 1. The Labute approximate surface area is 190 Å². The summed E-state index contributed by atoms with van der Waals surface area (Å²) in [5.74, 6) is -1.87. The van der Waals surface area contributed by atoms with Crippen molar-refractivity contribution in [2.45, 2.75) is 103 Å².